The van der Waals surface area contributed by atoms with Gasteiger partial charge in [-0.3, -0.25) is 0 Å². The molecule has 1 heterocycles. The van der Waals surface area contributed by atoms with Crippen molar-refractivity contribution in [1.29, 1.82) is 0 Å². The molecule has 2 nitrogen and oxygen atoms in total. The van der Waals surface area contributed by atoms with Gasteiger partial charge >= 0.3 is 0 Å². The second-order valence-corrected chi connectivity index (χ2v) is 5.58. The van der Waals surface area contributed by atoms with Gasteiger partial charge in [0.05, 0.1) is 4.58 Å². The molecule has 0 bridgehead atoms. The normalized spacial score (nSPS) is 17.8. The van der Waals surface area contributed by atoms with Gasteiger partial charge in [0.1, 0.15) is 11.5 Å². The number of phenols is 2. The Morgan fingerprint density at radius 3 is 2.08 bits per heavy atom. The molecule has 4 heteroatoms. The molecule has 13 heavy (non-hydrogen) atoms. The largest absolute Gasteiger partial charge is 0.508 e. The SMILES string of the molecule is Oc1cc(O)cc(C2SCCS2)c1. The molecule has 1 aromatic carbocycles. The van der Waals surface area contributed by atoms with E-state index in [2.05, 4.69) is 0 Å². The molecular weight excluding hydrogens is 204 g/mol. The van der Waals surface area contributed by atoms with Gasteiger partial charge in [0, 0.05) is 17.6 Å². The van der Waals surface area contributed by atoms with E-state index in [1.807, 2.05) is 23.5 Å². The summed E-state index contributed by atoms with van der Waals surface area (Å²) in [6.07, 6.45) is 0. The van der Waals surface area contributed by atoms with Crippen LogP contribution in [0.4, 0.5) is 0 Å². The fourth-order valence-electron chi connectivity index (χ4n) is 1.30. The Bertz CT molecular complexity index is 288. The quantitative estimate of drug-likeness (QED) is 0.754. The Balaban J connectivity index is 2.28. The van der Waals surface area contributed by atoms with Crippen molar-refractivity contribution in [2.45, 2.75) is 4.58 Å². The van der Waals surface area contributed by atoms with E-state index in [9.17, 15) is 10.2 Å². The van der Waals surface area contributed by atoms with Crippen LogP contribution in [0, 0.1) is 0 Å². The Morgan fingerprint density at radius 1 is 1.00 bits per heavy atom. The van der Waals surface area contributed by atoms with Crippen LogP contribution in [-0.4, -0.2) is 21.7 Å². The van der Waals surface area contributed by atoms with E-state index in [4.69, 9.17) is 0 Å². The Hall–Kier alpha value is -0.480. The summed E-state index contributed by atoms with van der Waals surface area (Å²) in [5, 5.41) is 18.6. The Labute approximate surface area is 85.4 Å². The van der Waals surface area contributed by atoms with E-state index in [-0.39, 0.29) is 11.5 Å². The zero-order valence-corrected chi connectivity index (χ0v) is 8.57. The average Bonchev–Trinajstić information content (AvgIpc) is 2.53. The molecule has 1 aromatic rings. The summed E-state index contributed by atoms with van der Waals surface area (Å²) in [5.74, 6) is 2.57. The molecule has 0 aliphatic carbocycles. The van der Waals surface area contributed by atoms with Crippen molar-refractivity contribution in [1.82, 2.24) is 0 Å². The molecule has 1 saturated heterocycles. The van der Waals surface area contributed by atoms with Gasteiger partial charge in [-0.05, 0) is 17.7 Å². The molecule has 2 rings (SSSR count). The Kier molecular flexibility index (Phi) is 2.60. The van der Waals surface area contributed by atoms with Crippen LogP contribution in [-0.2, 0) is 0 Å². The molecule has 0 unspecified atom stereocenters. The molecule has 1 fully saturated rings. The van der Waals surface area contributed by atoms with E-state index in [0.29, 0.717) is 4.58 Å². The lowest BCUT2D eigenvalue weighted by molar-refractivity contribution is 0.449. The molecule has 0 atom stereocenters. The highest BCUT2D eigenvalue weighted by Gasteiger charge is 2.19. The molecule has 0 aromatic heterocycles. The van der Waals surface area contributed by atoms with Gasteiger partial charge in [0.2, 0.25) is 0 Å². The van der Waals surface area contributed by atoms with E-state index in [1.54, 1.807) is 12.1 Å². The maximum atomic E-state index is 9.28. The van der Waals surface area contributed by atoms with Crippen LogP contribution in [0.15, 0.2) is 18.2 Å². The van der Waals surface area contributed by atoms with Crippen molar-refractivity contribution >= 4 is 23.5 Å². The van der Waals surface area contributed by atoms with Crippen LogP contribution in [0.2, 0.25) is 0 Å². The summed E-state index contributed by atoms with van der Waals surface area (Å²) < 4.78 is 0.373. The van der Waals surface area contributed by atoms with Crippen LogP contribution in [0.25, 0.3) is 0 Å². The van der Waals surface area contributed by atoms with E-state index in [0.717, 1.165) is 17.1 Å². The Morgan fingerprint density at radius 2 is 1.54 bits per heavy atom. The predicted octanol–water partition coefficient (Wildman–Crippen LogP) is 2.58. The lowest BCUT2D eigenvalue weighted by atomic mass is 10.2. The highest BCUT2D eigenvalue weighted by molar-refractivity contribution is 8.19. The van der Waals surface area contributed by atoms with Gasteiger partial charge in [0.25, 0.3) is 0 Å². The highest BCUT2D eigenvalue weighted by atomic mass is 32.2. The number of hydrogen-bond acceptors (Lipinski definition) is 4. The number of aromatic hydroxyl groups is 2. The number of rotatable bonds is 1. The van der Waals surface area contributed by atoms with Crippen LogP contribution in [0.5, 0.6) is 11.5 Å². The third-order valence-electron chi connectivity index (χ3n) is 1.82. The first-order chi connectivity index (χ1) is 6.25. The highest BCUT2D eigenvalue weighted by Crippen LogP contribution is 2.46. The van der Waals surface area contributed by atoms with E-state index >= 15 is 0 Å². The maximum absolute atomic E-state index is 9.28. The fourth-order valence-corrected chi connectivity index (χ4v) is 4.12. The molecular formula is C9H10O2S2. The maximum Gasteiger partial charge on any atom is 0.119 e. The minimum atomic E-state index is 0.142. The van der Waals surface area contributed by atoms with Gasteiger partial charge < -0.3 is 10.2 Å². The molecule has 0 radical (unpaired) electrons. The van der Waals surface area contributed by atoms with Crippen molar-refractivity contribution in [2.75, 3.05) is 11.5 Å². The summed E-state index contributed by atoms with van der Waals surface area (Å²) in [4.78, 5) is 0. The number of hydrogen-bond donors (Lipinski definition) is 2. The van der Waals surface area contributed by atoms with Gasteiger partial charge in [-0.15, -0.1) is 23.5 Å². The van der Waals surface area contributed by atoms with Gasteiger partial charge in [0.15, 0.2) is 0 Å². The van der Waals surface area contributed by atoms with Crippen molar-refractivity contribution in [3.05, 3.63) is 23.8 Å². The molecule has 0 amide bonds. The molecule has 0 spiro atoms. The van der Waals surface area contributed by atoms with Crippen molar-refractivity contribution in [3.63, 3.8) is 0 Å². The summed E-state index contributed by atoms with van der Waals surface area (Å²) in [6, 6.07) is 4.79. The van der Waals surface area contributed by atoms with Crippen molar-refractivity contribution in [3.8, 4) is 11.5 Å². The lowest BCUT2D eigenvalue weighted by Gasteiger charge is -2.08. The third-order valence-corrected chi connectivity index (χ3v) is 4.92. The number of benzene rings is 1. The molecule has 2 N–H and O–H groups in total. The number of phenolic OH excluding ortho intramolecular Hbond substituents is 2. The minimum Gasteiger partial charge on any atom is -0.508 e. The zero-order valence-electron chi connectivity index (χ0n) is 6.93. The van der Waals surface area contributed by atoms with E-state index < -0.39 is 0 Å². The van der Waals surface area contributed by atoms with E-state index in [1.165, 1.54) is 6.07 Å². The summed E-state index contributed by atoms with van der Waals surface area (Å²) >= 11 is 3.71. The van der Waals surface area contributed by atoms with Crippen LogP contribution >= 0.6 is 23.5 Å². The lowest BCUT2D eigenvalue weighted by Crippen LogP contribution is -1.83. The van der Waals surface area contributed by atoms with Gasteiger partial charge in [-0.2, -0.15) is 0 Å². The second-order valence-electron chi connectivity index (χ2n) is 2.86. The second kappa shape index (κ2) is 3.72. The average molecular weight is 214 g/mol. The van der Waals surface area contributed by atoms with Gasteiger partial charge in [-0.1, -0.05) is 0 Å². The smallest absolute Gasteiger partial charge is 0.119 e. The topological polar surface area (TPSA) is 40.5 Å². The van der Waals surface area contributed by atoms with Crippen molar-refractivity contribution < 1.29 is 10.2 Å². The summed E-state index contributed by atoms with van der Waals surface area (Å²) in [6.45, 7) is 0. The predicted molar refractivity (Wildman–Crippen MR) is 57.4 cm³/mol. The van der Waals surface area contributed by atoms with Gasteiger partial charge in [-0.25, -0.2) is 0 Å². The first kappa shape index (κ1) is 9.09. The van der Waals surface area contributed by atoms with Crippen molar-refractivity contribution in [2.24, 2.45) is 0 Å². The monoisotopic (exact) mass is 214 g/mol. The first-order valence-electron chi connectivity index (χ1n) is 4.02. The third kappa shape index (κ3) is 2.06. The summed E-state index contributed by atoms with van der Waals surface area (Å²) in [5.41, 5.74) is 1.00. The van der Waals surface area contributed by atoms with Crippen LogP contribution in [0.3, 0.4) is 0 Å². The van der Waals surface area contributed by atoms with Crippen LogP contribution < -0.4 is 0 Å². The standard InChI is InChI=1S/C9H10O2S2/c10-7-3-6(4-8(11)5-7)9-12-1-2-13-9/h3-5,9-11H,1-2H2. The minimum absolute atomic E-state index is 0.142. The molecule has 0 saturated carbocycles. The number of thioether (sulfide) groups is 2. The molecule has 1 aliphatic heterocycles. The molecule has 1 aliphatic rings. The van der Waals surface area contributed by atoms with Crippen LogP contribution in [0.1, 0.15) is 10.1 Å². The fraction of sp³-hybridized carbons (Fsp3) is 0.333. The zero-order chi connectivity index (χ0) is 9.26. The molecule has 70 valence electrons. The summed E-state index contributed by atoms with van der Waals surface area (Å²) in [7, 11) is 0. The first-order valence-corrected chi connectivity index (χ1v) is 6.11.